The minimum atomic E-state index is -0.400. The lowest BCUT2D eigenvalue weighted by Gasteiger charge is -2.07. The summed E-state index contributed by atoms with van der Waals surface area (Å²) < 4.78 is 2.80. The highest BCUT2D eigenvalue weighted by molar-refractivity contribution is 9.10. The Balaban J connectivity index is 1.84. The molecule has 4 aromatic rings. The summed E-state index contributed by atoms with van der Waals surface area (Å²) in [4.78, 5) is 16.2. The first-order chi connectivity index (χ1) is 16.3. The molecular weight excluding hydrogens is 512 g/mol. The van der Waals surface area contributed by atoms with E-state index in [9.17, 15) is 10.1 Å². The van der Waals surface area contributed by atoms with Crippen LogP contribution in [0.3, 0.4) is 0 Å². The van der Waals surface area contributed by atoms with Crippen LogP contribution in [0.25, 0.3) is 11.3 Å². The van der Waals surface area contributed by atoms with Crippen LogP contribution in [-0.4, -0.2) is 15.3 Å². The molecule has 0 fully saturated rings. The van der Waals surface area contributed by atoms with Crippen molar-refractivity contribution in [1.29, 1.82) is 0 Å². The van der Waals surface area contributed by atoms with E-state index in [1.165, 1.54) is 29.0 Å². The van der Waals surface area contributed by atoms with Crippen molar-refractivity contribution in [1.82, 2.24) is 4.68 Å². The Morgan fingerprint density at radius 2 is 1.65 bits per heavy atom. The second-order valence-electron chi connectivity index (χ2n) is 8.07. The average Bonchev–Trinajstić information content (AvgIpc) is 3.21. The number of non-ortho nitro benzene ring substituents is 1. The van der Waals surface area contributed by atoms with Crippen molar-refractivity contribution in [3.05, 3.63) is 109 Å². The van der Waals surface area contributed by atoms with Crippen LogP contribution in [0.5, 0.6) is 0 Å². The van der Waals surface area contributed by atoms with E-state index in [1.807, 2.05) is 48.7 Å². The number of nitrogens with zero attached hydrogens (tertiary/aromatic N) is 4. The normalized spacial score (nSPS) is 12.4. The van der Waals surface area contributed by atoms with E-state index in [1.54, 1.807) is 16.8 Å². The molecule has 8 heteroatoms. The molecular formula is C26H23BrN4O2S. The van der Waals surface area contributed by atoms with Crippen LogP contribution in [0, 0.1) is 10.1 Å². The fourth-order valence-corrected chi connectivity index (χ4v) is 4.48. The molecule has 0 saturated carbocycles. The molecule has 0 aliphatic rings. The van der Waals surface area contributed by atoms with Crippen LogP contribution in [0.2, 0.25) is 0 Å². The topological polar surface area (TPSA) is 72.8 Å². The molecule has 0 unspecified atom stereocenters. The van der Waals surface area contributed by atoms with E-state index in [0.717, 1.165) is 32.7 Å². The molecule has 0 saturated heterocycles. The van der Waals surface area contributed by atoms with Crippen LogP contribution in [0.1, 0.15) is 37.8 Å². The maximum absolute atomic E-state index is 11.1. The van der Waals surface area contributed by atoms with Crippen LogP contribution >= 0.6 is 27.3 Å². The van der Waals surface area contributed by atoms with Gasteiger partial charge in [-0.05, 0) is 60.4 Å². The van der Waals surface area contributed by atoms with Gasteiger partial charge >= 0.3 is 0 Å². The van der Waals surface area contributed by atoms with Crippen LogP contribution < -0.4 is 4.80 Å². The first-order valence-corrected chi connectivity index (χ1v) is 12.4. The second-order valence-corrected chi connectivity index (χ2v) is 9.82. The van der Waals surface area contributed by atoms with Gasteiger partial charge in [-0.25, -0.2) is 9.67 Å². The summed E-state index contributed by atoms with van der Waals surface area (Å²) in [5.74, 6) is 0.452. The van der Waals surface area contributed by atoms with E-state index in [4.69, 9.17) is 10.1 Å². The number of nitro benzene ring substituents is 1. The van der Waals surface area contributed by atoms with Gasteiger partial charge < -0.3 is 0 Å². The monoisotopic (exact) mass is 534 g/mol. The maximum Gasteiger partial charge on any atom is 0.269 e. The van der Waals surface area contributed by atoms with Gasteiger partial charge in [0.2, 0.25) is 4.80 Å². The highest BCUT2D eigenvalue weighted by Crippen LogP contribution is 2.25. The maximum atomic E-state index is 11.1. The number of aromatic nitrogens is 1. The van der Waals surface area contributed by atoms with Gasteiger partial charge in [-0.15, -0.1) is 11.3 Å². The first-order valence-electron chi connectivity index (χ1n) is 10.7. The molecule has 0 aliphatic heterocycles. The highest BCUT2D eigenvalue weighted by Gasteiger charge is 2.12. The third-order valence-corrected chi connectivity index (χ3v) is 6.70. The fourth-order valence-electron chi connectivity index (χ4n) is 3.37. The predicted octanol–water partition coefficient (Wildman–Crippen LogP) is 7.52. The molecule has 0 atom stereocenters. The zero-order chi connectivity index (χ0) is 24.2. The van der Waals surface area contributed by atoms with Gasteiger partial charge in [-0.1, -0.05) is 54.0 Å². The number of halogens is 1. The molecule has 34 heavy (non-hydrogen) atoms. The van der Waals surface area contributed by atoms with Gasteiger partial charge in [-0.2, -0.15) is 5.10 Å². The van der Waals surface area contributed by atoms with Gasteiger partial charge in [0.25, 0.3) is 5.69 Å². The Morgan fingerprint density at radius 1 is 1.00 bits per heavy atom. The Hall–Kier alpha value is -3.36. The molecule has 1 heterocycles. The summed E-state index contributed by atoms with van der Waals surface area (Å²) in [5.41, 5.74) is 5.60. The summed E-state index contributed by atoms with van der Waals surface area (Å²) >= 11 is 4.94. The number of nitro groups is 1. The molecule has 0 N–H and O–H groups in total. The lowest BCUT2D eigenvalue weighted by atomic mass is 10.0. The Kier molecular flexibility index (Phi) is 7.19. The Bertz CT molecular complexity index is 1400. The van der Waals surface area contributed by atoms with E-state index in [2.05, 4.69) is 41.9 Å². The van der Waals surface area contributed by atoms with Gasteiger partial charge in [0.05, 0.1) is 22.0 Å². The summed E-state index contributed by atoms with van der Waals surface area (Å²) in [7, 11) is 0. The largest absolute Gasteiger partial charge is 0.269 e. The number of rotatable bonds is 6. The van der Waals surface area contributed by atoms with Crippen LogP contribution in [0.15, 0.2) is 92.7 Å². The number of hydrogen-bond acceptors (Lipinski definition) is 5. The van der Waals surface area contributed by atoms with Gasteiger partial charge in [0.1, 0.15) is 0 Å². The number of hydrogen-bond donors (Lipinski definition) is 0. The quantitative estimate of drug-likeness (QED) is 0.146. The van der Waals surface area contributed by atoms with E-state index in [0.29, 0.717) is 10.7 Å². The van der Waals surface area contributed by atoms with E-state index in [-0.39, 0.29) is 5.69 Å². The van der Waals surface area contributed by atoms with E-state index < -0.39 is 4.92 Å². The Morgan fingerprint density at radius 3 is 2.24 bits per heavy atom. The lowest BCUT2D eigenvalue weighted by Crippen LogP contribution is -2.13. The Labute approximate surface area is 210 Å². The highest BCUT2D eigenvalue weighted by atomic mass is 79.9. The minimum Gasteiger partial charge on any atom is -0.258 e. The fraction of sp³-hybridized carbons (Fsp3) is 0.154. The van der Waals surface area contributed by atoms with Crippen molar-refractivity contribution in [3.8, 4) is 11.3 Å². The minimum absolute atomic E-state index is 0.0511. The summed E-state index contributed by atoms with van der Waals surface area (Å²) in [5, 5.41) is 17.9. The summed E-state index contributed by atoms with van der Waals surface area (Å²) in [6.07, 6.45) is 0. The second kappa shape index (κ2) is 10.3. The van der Waals surface area contributed by atoms with Gasteiger partial charge in [0.15, 0.2) is 0 Å². The SMILES string of the molecule is CC(=Nn1c(-c2ccc([N+](=O)[O-])cc2)csc1=Nc1ccc(C(C)C)cc1)c1ccc(Br)cc1. The van der Waals surface area contributed by atoms with Crippen LogP contribution in [-0.2, 0) is 0 Å². The molecule has 4 rings (SSSR count). The molecule has 0 amide bonds. The van der Waals surface area contributed by atoms with Crippen molar-refractivity contribution in [2.24, 2.45) is 10.1 Å². The molecule has 3 aromatic carbocycles. The summed E-state index contributed by atoms with van der Waals surface area (Å²) in [6.45, 7) is 6.28. The third-order valence-electron chi connectivity index (χ3n) is 5.36. The smallest absolute Gasteiger partial charge is 0.258 e. The number of benzene rings is 3. The standard InChI is InChI=1S/C26H23BrN4O2S/c1-17(2)19-6-12-23(13-7-19)28-26-30(29-18(3)20-4-10-22(27)11-5-20)25(16-34-26)21-8-14-24(15-9-21)31(32)33/h4-17H,1-3H3. The third kappa shape index (κ3) is 5.40. The molecule has 6 nitrogen and oxygen atoms in total. The molecule has 0 radical (unpaired) electrons. The zero-order valence-electron chi connectivity index (χ0n) is 19.0. The molecule has 172 valence electrons. The summed E-state index contributed by atoms with van der Waals surface area (Å²) in [6, 6.07) is 22.7. The molecule has 0 spiro atoms. The predicted molar refractivity (Wildman–Crippen MR) is 142 cm³/mol. The zero-order valence-corrected chi connectivity index (χ0v) is 21.4. The van der Waals surface area contributed by atoms with Crippen LogP contribution in [0.4, 0.5) is 11.4 Å². The van der Waals surface area contributed by atoms with Crippen molar-refractivity contribution >= 4 is 44.4 Å². The van der Waals surface area contributed by atoms with Crippen molar-refractivity contribution < 1.29 is 4.92 Å². The van der Waals surface area contributed by atoms with E-state index >= 15 is 0 Å². The van der Waals surface area contributed by atoms with Crippen molar-refractivity contribution in [3.63, 3.8) is 0 Å². The van der Waals surface area contributed by atoms with Crippen molar-refractivity contribution in [2.75, 3.05) is 0 Å². The lowest BCUT2D eigenvalue weighted by molar-refractivity contribution is -0.384. The number of thiazole rings is 1. The molecule has 0 bridgehead atoms. The first kappa shape index (κ1) is 23.8. The molecule has 0 aliphatic carbocycles. The average molecular weight is 535 g/mol. The van der Waals surface area contributed by atoms with Gasteiger partial charge in [-0.3, -0.25) is 10.1 Å². The van der Waals surface area contributed by atoms with Gasteiger partial charge in [0, 0.05) is 27.5 Å². The van der Waals surface area contributed by atoms with Crippen molar-refractivity contribution in [2.45, 2.75) is 26.7 Å². The molecule has 1 aromatic heterocycles.